The number of benzene rings is 1. The Balaban J connectivity index is 1.93. The van der Waals surface area contributed by atoms with Crippen molar-refractivity contribution in [3.63, 3.8) is 0 Å². The van der Waals surface area contributed by atoms with E-state index in [0.717, 1.165) is 6.42 Å². The molecule has 266 valence electrons. The first-order chi connectivity index (χ1) is 22.8. The number of hydrogen-bond acceptors (Lipinski definition) is 8. The van der Waals surface area contributed by atoms with Crippen LogP contribution in [0.2, 0.25) is 0 Å². The van der Waals surface area contributed by atoms with E-state index in [1.165, 1.54) is 4.90 Å². The van der Waals surface area contributed by atoms with Crippen LogP contribution in [0.15, 0.2) is 24.3 Å². The van der Waals surface area contributed by atoms with Gasteiger partial charge in [0.05, 0.1) is 0 Å². The van der Waals surface area contributed by atoms with Crippen LogP contribution in [0.25, 0.3) is 0 Å². The predicted molar refractivity (Wildman–Crippen MR) is 178 cm³/mol. The quantitative estimate of drug-likeness (QED) is 0.0889. The SMILES string of the molecule is CCCNC(=O)OCc1ccc(NC(=O)[C@H](CCCNC(N)=O)NC(=O)[C@@H](NC(=O)CCCCCN2C(=O)CC(C)C2=O)C(C)C)cc1. The Hall–Kier alpha value is -4.69. The van der Waals surface area contributed by atoms with Gasteiger partial charge < -0.3 is 37.1 Å². The number of unbranched alkanes of at least 4 members (excludes halogenated alkanes) is 2. The second kappa shape index (κ2) is 20.5. The third-order valence-electron chi connectivity index (χ3n) is 7.73. The fraction of sp³-hybridized carbons (Fsp3) is 0.606. The predicted octanol–water partition coefficient (Wildman–Crippen LogP) is 2.29. The molecule has 48 heavy (non-hydrogen) atoms. The summed E-state index contributed by atoms with van der Waals surface area (Å²) in [7, 11) is 0. The van der Waals surface area contributed by atoms with Crippen LogP contribution in [0.5, 0.6) is 0 Å². The Bertz CT molecular complexity index is 1270. The number of urea groups is 1. The number of alkyl carbamates (subject to hydrolysis) is 1. The molecular weight excluding hydrogens is 622 g/mol. The number of nitrogens with one attached hydrogen (secondary N) is 5. The molecule has 1 aliphatic rings. The minimum atomic E-state index is -0.991. The highest BCUT2D eigenvalue weighted by molar-refractivity contribution is 6.03. The summed E-state index contributed by atoms with van der Waals surface area (Å²) in [6.07, 6.45) is 2.89. The highest BCUT2D eigenvalue weighted by Crippen LogP contribution is 2.19. The number of anilines is 1. The summed E-state index contributed by atoms with van der Waals surface area (Å²) in [4.78, 5) is 87.5. The van der Waals surface area contributed by atoms with E-state index in [2.05, 4.69) is 26.6 Å². The molecule has 1 heterocycles. The summed E-state index contributed by atoms with van der Waals surface area (Å²) in [5.74, 6) is -2.26. The van der Waals surface area contributed by atoms with Gasteiger partial charge in [0.2, 0.25) is 29.5 Å². The molecule has 8 amide bonds. The smallest absolute Gasteiger partial charge is 0.407 e. The maximum atomic E-state index is 13.4. The van der Waals surface area contributed by atoms with Crippen LogP contribution in [0.3, 0.4) is 0 Å². The summed E-state index contributed by atoms with van der Waals surface area (Å²) < 4.78 is 5.16. The van der Waals surface area contributed by atoms with Crippen LogP contribution in [-0.2, 0) is 35.3 Å². The van der Waals surface area contributed by atoms with Crippen molar-refractivity contribution in [3.8, 4) is 0 Å². The van der Waals surface area contributed by atoms with Gasteiger partial charge in [0.25, 0.3) is 0 Å². The number of primary amides is 1. The molecule has 1 fully saturated rings. The molecule has 0 radical (unpaired) electrons. The second-order valence-corrected chi connectivity index (χ2v) is 12.3. The Labute approximate surface area is 281 Å². The van der Waals surface area contributed by atoms with E-state index < -0.39 is 36.0 Å². The van der Waals surface area contributed by atoms with Crippen molar-refractivity contribution in [2.45, 2.75) is 97.8 Å². The minimum Gasteiger partial charge on any atom is -0.445 e. The number of hydrogen-bond donors (Lipinski definition) is 6. The average Bonchev–Trinajstić information content (AvgIpc) is 3.28. The summed E-state index contributed by atoms with van der Waals surface area (Å²) >= 11 is 0. The zero-order valence-corrected chi connectivity index (χ0v) is 28.4. The fourth-order valence-electron chi connectivity index (χ4n) is 4.98. The largest absolute Gasteiger partial charge is 0.445 e. The van der Waals surface area contributed by atoms with Crippen LogP contribution in [0.4, 0.5) is 15.3 Å². The Morgan fingerprint density at radius 3 is 2.25 bits per heavy atom. The number of nitrogens with zero attached hydrogens (tertiary/aromatic N) is 1. The van der Waals surface area contributed by atoms with Gasteiger partial charge in [-0.05, 0) is 55.7 Å². The first-order valence-corrected chi connectivity index (χ1v) is 16.6. The zero-order chi connectivity index (χ0) is 35.6. The molecular formula is C33H51N7O8. The lowest BCUT2D eigenvalue weighted by molar-refractivity contribution is -0.139. The normalized spacial score (nSPS) is 15.4. The van der Waals surface area contributed by atoms with E-state index in [0.29, 0.717) is 50.0 Å². The molecule has 1 saturated heterocycles. The van der Waals surface area contributed by atoms with E-state index in [-0.39, 0.29) is 62.0 Å². The van der Waals surface area contributed by atoms with E-state index in [4.69, 9.17) is 10.5 Å². The van der Waals surface area contributed by atoms with E-state index in [1.54, 1.807) is 45.0 Å². The molecule has 15 nitrogen and oxygen atoms in total. The number of rotatable bonds is 20. The van der Waals surface area contributed by atoms with Gasteiger partial charge in [-0.15, -0.1) is 0 Å². The maximum Gasteiger partial charge on any atom is 0.407 e. The molecule has 0 aliphatic carbocycles. The number of nitrogens with two attached hydrogens (primary N) is 1. The molecule has 0 spiro atoms. The van der Waals surface area contributed by atoms with Crippen LogP contribution in [-0.4, -0.2) is 78.3 Å². The summed E-state index contributed by atoms with van der Waals surface area (Å²) in [6.45, 7) is 8.31. The maximum absolute atomic E-state index is 13.4. The number of likely N-dealkylation sites (tertiary alicyclic amines) is 1. The van der Waals surface area contributed by atoms with Gasteiger partial charge in [-0.2, -0.15) is 0 Å². The molecule has 7 N–H and O–H groups in total. The molecule has 0 aromatic heterocycles. The molecule has 1 aromatic carbocycles. The van der Waals surface area contributed by atoms with Crippen molar-refractivity contribution in [1.29, 1.82) is 0 Å². The lowest BCUT2D eigenvalue weighted by Crippen LogP contribution is -2.54. The third kappa shape index (κ3) is 14.0. The number of amides is 8. The van der Waals surface area contributed by atoms with Gasteiger partial charge in [0.15, 0.2) is 0 Å². The molecule has 2 rings (SSSR count). The molecule has 3 atom stereocenters. The molecule has 1 unspecified atom stereocenters. The second-order valence-electron chi connectivity index (χ2n) is 12.3. The number of carbonyl (C=O) groups excluding carboxylic acids is 7. The van der Waals surface area contributed by atoms with Crippen molar-refractivity contribution in [2.24, 2.45) is 17.6 Å². The van der Waals surface area contributed by atoms with E-state index in [1.807, 2.05) is 6.92 Å². The minimum absolute atomic E-state index is 0.0532. The first kappa shape index (κ1) is 39.5. The van der Waals surface area contributed by atoms with Crippen molar-refractivity contribution in [1.82, 2.24) is 26.2 Å². The highest BCUT2D eigenvalue weighted by atomic mass is 16.5. The summed E-state index contributed by atoms with van der Waals surface area (Å²) in [5, 5.41) is 13.4. The molecule has 0 saturated carbocycles. The Kier molecular flexibility index (Phi) is 16.9. The highest BCUT2D eigenvalue weighted by Gasteiger charge is 2.35. The van der Waals surface area contributed by atoms with E-state index >= 15 is 0 Å². The van der Waals surface area contributed by atoms with Crippen LogP contribution in [0.1, 0.15) is 84.6 Å². The van der Waals surface area contributed by atoms with Crippen LogP contribution < -0.4 is 32.3 Å². The lowest BCUT2D eigenvalue weighted by atomic mass is 10.0. The third-order valence-corrected chi connectivity index (χ3v) is 7.73. The van der Waals surface area contributed by atoms with Gasteiger partial charge in [0, 0.05) is 44.1 Å². The van der Waals surface area contributed by atoms with Crippen molar-refractivity contribution in [2.75, 3.05) is 25.0 Å². The summed E-state index contributed by atoms with van der Waals surface area (Å²) in [6, 6.07) is 4.08. The standard InChI is InChI=1S/C33H51N7O8/c1-5-16-36-33(47)48-20-23-12-14-24(15-13-23)37-29(43)25(10-9-17-35-32(34)46)38-30(44)28(21(2)3)39-26(41)11-7-6-8-18-40-27(42)19-22(4)31(40)45/h12-15,21-22,25,28H,5-11,16-20H2,1-4H3,(H,36,47)(H,37,43)(H,38,44)(H,39,41)(H3,34,35,46)/t22?,25-,28-/m0/s1. The fourth-order valence-corrected chi connectivity index (χ4v) is 4.98. The van der Waals surface area contributed by atoms with Crippen LogP contribution in [0, 0.1) is 11.8 Å². The molecule has 0 bridgehead atoms. The van der Waals surface area contributed by atoms with Crippen LogP contribution >= 0.6 is 0 Å². The summed E-state index contributed by atoms with van der Waals surface area (Å²) in [5.41, 5.74) is 6.31. The van der Waals surface area contributed by atoms with Gasteiger partial charge in [0.1, 0.15) is 18.7 Å². The van der Waals surface area contributed by atoms with Crippen molar-refractivity contribution < 1.29 is 38.3 Å². The van der Waals surface area contributed by atoms with E-state index in [9.17, 15) is 33.6 Å². The Morgan fingerprint density at radius 2 is 1.65 bits per heavy atom. The topological polar surface area (TPSA) is 218 Å². The number of imide groups is 1. The zero-order valence-electron chi connectivity index (χ0n) is 28.4. The first-order valence-electron chi connectivity index (χ1n) is 16.6. The van der Waals surface area contributed by atoms with Crippen molar-refractivity contribution in [3.05, 3.63) is 29.8 Å². The van der Waals surface area contributed by atoms with Gasteiger partial charge in [-0.3, -0.25) is 28.9 Å². The number of carbonyl (C=O) groups is 7. The van der Waals surface area contributed by atoms with Crippen molar-refractivity contribution >= 4 is 47.3 Å². The molecule has 1 aliphatic heterocycles. The molecule has 1 aromatic rings. The number of ether oxygens (including phenoxy) is 1. The molecule has 15 heteroatoms. The lowest BCUT2D eigenvalue weighted by Gasteiger charge is -2.25. The Morgan fingerprint density at radius 1 is 0.938 bits per heavy atom. The monoisotopic (exact) mass is 673 g/mol. The average molecular weight is 674 g/mol. The van der Waals surface area contributed by atoms with Gasteiger partial charge >= 0.3 is 12.1 Å². The van der Waals surface area contributed by atoms with Gasteiger partial charge in [-0.1, -0.05) is 46.2 Å². The van der Waals surface area contributed by atoms with Gasteiger partial charge in [-0.25, -0.2) is 9.59 Å².